The number of nitrogens with one attached hydrogen (secondary N) is 2. The fourth-order valence-corrected chi connectivity index (χ4v) is 3.06. The normalized spacial score (nSPS) is 10.8. The summed E-state index contributed by atoms with van der Waals surface area (Å²) >= 11 is 12.5. The Morgan fingerprint density at radius 2 is 1.93 bits per heavy atom. The minimum Gasteiger partial charge on any atom is -0.453 e. The van der Waals surface area contributed by atoms with Crippen molar-refractivity contribution in [2.24, 2.45) is 0 Å². The number of rotatable bonds is 3. The second-order valence-corrected chi connectivity index (χ2v) is 6.37. The van der Waals surface area contributed by atoms with E-state index < -0.39 is 16.9 Å². The van der Waals surface area contributed by atoms with Crippen molar-refractivity contribution in [1.82, 2.24) is 24.7 Å². The molecule has 0 aliphatic carbocycles. The van der Waals surface area contributed by atoms with Crippen LogP contribution < -0.4 is 16.0 Å². The van der Waals surface area contributed by atoms with Crippen molar-refractivity contribution in [3.63, 3.8) is 0 Å². The first kappa shape index (κ1) is 17.8. The van der Waals surface area contributed by atoms with E-state index in [9.17, 15) is 9.59 Å². The van der Waals surface area contributed by atoms with Crippen molar-refractivity contribution in [3.8, 4) is 23.3 Å². The number of hydrogen-bond acceptors (Lipinski definition) is 6. The van der Waals surface area contributed by atoms with E-state index in [0.29, 0.717) is 11.4 Å². The molecule has 3 heterocycles. The van der Waals surface area contributed by atoms with E-state index in [1.54, 1.807) is 18.3 Å². The van der Waals surface area contributed by atoms with Gasteiger partial charge in [0.25, 0.3) is 5.56 Å². The zero-order valence-electron chi connectivity index (χ0n) is 13.7. The minimum absolute atomic E-state index is 0.0927. The molecule has 0 saturated heterocycles. The maximum Gasteiger partial charge on any atom is 0.349 e. The maximum atomic E-state index is 12.0. The van der Waals surface area contributed by atoms with Crippen LogP contribution in [0.2, 0.25) is 10.0 Å². The number of ether oxygens (including phenoxy) is 1. The van der Waals surface area contributed by atoms with E-state index in [2.05, 4.69) is 15.1 Å². The van der Waals surface area contributed by atoms with Crippen LogP contribution in [0.5, 0.6) is 11.5 Å². The molecule has 0 fully saturated rings. The van der Waals surface area contributed by atoms with Crippen molar-refractivity contribution < 1.29 is 4.74 Å². The van der Waals surface area contributed by atoms with Gasteiger partial charge in [0.05, 0.1) is 21.9 Å². The van der Waals surface area contributed by atoms with Gasteiger partial charge >= 0.3 is 5.69 Å². The monoisotopic (exact) mass is 414 g/mol. The number of hydrogen-bond donors (Lipinski definition) is 2. The highest BCUT2D eigenvalue weighted by Crippen LogP contribution is 2.38. The molecule has 0 bridgehead atoms. The van der Waals surface area contributed by atoms with Crippen LogP contribution in [0.15, 0.2) is 46.2 Å². The zero-order valence-corrected chi connectivity index (χ0v) is 15.2. The van der Waals surface area contributed by atoms with Crippen molar-refractivity contribution in [3.05, 3.63) is 73.2 Å². The molecule has 0 spiro atoms. The van der Waals surface area contributed by atoms with E-state index in [-0.39, 0.29) is 21.5 Å². The Balaban J connectivity index is 1.76. The Labute approximate surface area is 165 Å². The van der Waals surface area contributed by atoms with Crippen molar-refractivity contribution in [2.45, 2.75) is 0 Å². The van der Waals surface area contributed by atoms with E-state index in [0.717, 1.165) is 10.1 Å². The summed E-state index contributed by atoms with van der Waals surface area (Å²) in [5.41, 5.74) is -1.34. The minimum atomic E-state index is -0.881. The van der Waals surface area contributed by atoms with Crippen LogP contribution in [0.25, 0.3) is 16.7 Å². The molecule has 0 aliphatic rings. The Morgan fingerprint density at radius 1 is 1.18 bits per heavy atom. The van der Waals surface area contributed by atoms with E-state index >= 15 is 0 Å². The first-order valence-corrected chi connectivity index (χ1v) is 8.46. The van der Waals surface area contributed by atoms with Crippen LogP contribution in [-0.2, 0) is 0 Å². The number of fused-ring (bicyclic) bond motifs is 1. The van der Waals surface area contributed by atoms with Gasteiger partial charge in [0, 0.05) is 11.6 Å². The molecule has 2 N–H and O–H groups in total. The molecule has 11 heteroatoms. The number of benzene rings is 1. The number of aromatic nitrogens is 5. The van der Waals surface area contributed by atoms with Gasteiger partial charge in [-0.25, -0.2) is 9.78 Å². The van der Waals surface area contributed by atoms with Crippen LogP contribution in [0, 0.1) is 11.3 Å². The quantitative estimate of drug-likeness (QED) is 0.529. The molecule has 0 atom stereocenters. The largest absolute Gasteiger partial charge is 0.453 e. The lowest BCUT2D eigenvalue weighted by atomic mass is 10.3. The fraction of sp³-hybridized carbons (Fsp3) is 0. The molecular weight excluding hydrogens is 407 g/mol. The van der Waals surface area contributed by atoms with Gasteiger partial charge < -0.3 is 9.72 Å². The summed E-state index contributed by atoms with van der Waals surface area (Å²) in [5.74, 6) is 0.566. The molecule has 0 unspecified atom stereocenters. The maximum absolute atomic E-state index is 12.0. The highest BCUT2D eigenvalue weighted by molar-refractivity contribution is 6.37. The second kappa shape index (κ2) is 6.84. The summed E-state index contributed by atoms with van der Waals surface area (Å²) in [7, 11) is 0. The summed E-state index contributed by atoms with van der Waals surface area (Å²) in [4.78, 5) is 32.7. The summed E-state index contributed by atoms with van der Waals surface area (Å²) in [5, 5.41) is 13.7. The topological polar surface area (TPSA) is 129 Å². The smallest absolute Gasteiger partial charge is 0.349 e. The molecule has 0 saturated carbocycles. The Morgan fingerprint density at radius 3 is 2.64 bits per heavy atom. The van der Waals surface area contributed by atoms with E-state index in [1.165, 1.54) is 18.3 Å². The van der Waals surface area contributed by atoms with Gasteiger partial charge in [-0.15, -0.1) is 5.10 Å². The standard InChI is InChI=1S/C17H8Cl2N6O3/c18-11-4-9(25-17(27)23-16(26)13(6-20)24-25)5-12(19)14(11)28-10-3-8-1-2-21-15(8)22-7-10/h1-5,7H,(H,21,22)(H,23,26,27). The molecule has 1 aromatic carbocycles. The Hall–Kier alpha value is -3.61. The first-order valence-electron chi connectivity index (χ1n) is 7.70. The summed E-state index contributed by atoms with van der Waals surface area (Å²) < 4.78 is 6.56. The van der Waals surface area contributed by atoms with Gasteiger partial charge in [0.2, 0.25) is 5.69 Å². The van der Waals surface area contributed by atoms with Gasteiger partial charge in [-0.05, 0) is 24.3 Å². The fourth-order valence-electron chi connectivity index (χ4n) is 2.51. The van der Waals surface area contributed by atoms with Gasteiger partial charge in [-0.1, -0.05) is 23.2 Å². The van der Waals surface area contributed by atoms with Crippen molar-refractivity contribution in [2.75, 3.05) is 0 Å². The third-order valence-electron chi connectivity index (χ3n) is 3.76. The number of nitrogens with zero attached hydrogens (tertiary/aromatic N) is 4. The van der Waals surface area contributed by atoms with Gasteiger partial charge in [0.1, 0.15) is 17.5 Å². The molecule has 0 aliphatic heterocycles. The predicted octanol–water partition coefficient (Wildman–Crippen LogP) is 2.77. The zero-order chi connectivity index (χ0) is 19.8. The molecule has 138 valence electrons. The Kier molecular flexibility index (Phi) is 4.35. The number of aromatic amines is 2. The van der Waals surface area contributed by atoms with Crippen LogP contribution in [0.3, 0.4) is 0 Å². The molecule has 4 rings (SSSR count). The third kappa shape index (κ3) is 3.11. The molecular formula is C17H8Cl2N6O3. The molecule has 4 aromatic rings. The number of pyridine rings is 1. The second-order valence-electron chi connectivity index (χ2n) is 5.56. The summed E-state index contributed by atoms with van der Waals surface area (Å²) in [6.45, 7) is 0. The van der Waals surface area contributed by atoms with Crippen LogP contribution in [0.4, 0.5) is 0 Å². The number of halogens is 2. The van der Waals surface area contributed by atoms with Crippen LogP contribution >= 0.6 is 23.2 Å². The molecule has 3 aromatic heterocycles. The molecule has 9 nitrogen and oxygen atoms in total. The Bertz CT molecular complexity index is 1360. The van der Waals surface area contributed by atoms with Gasteiger partial charge in [-0.2, -0.15) is 9.94 Å². The lowest BCUT2D eigenvalue weighted by molar-refractivity contribution is 0.481. The van der Waals surface area contributed by atoms with Gasteiger partial charge in [-0.3, -0.25) is 9.78 Å². The average molecular weight is 415 g/mol. The van der Waals surface area contributed by atoms with E-state index in [1.807, 2.05) is 11.1 Å². The lowest BCUT2D eigenvalue weighted by Crippen LogP contribution is -2.33. The first-order chi connectivity index (χ1) is 13.5. The van der Waals surface area contributed by atoms with Crippen LogP contribution in [-0.4, -0.2) is 24.7 Å². The number of nitriles is 1. The SMILES string of the molecule is N#Cc1nn(-c2cc(Cl)c(Oc3cnc4[nH]ccc4c3)c(Cl)c2)c(=O)[nH]c1=O. The predicted molar refractivity (Wildman–Crippen MR) is 101 cm³/mol. The highest BCUT2D eigenvalue weighted by atomic mass is 35.5. The highest BCUT2D eigenvalue weighted by Gasteiger charge is 2.15. The summed E-state index contributed by atoms with van der Waals surface area (Å²) in [6.07, 6.45) is 3.26. The molecule has 0 amide bonds. The third-order valence-corrected chi connectivity index (χ3v) is 4.32. The number of H-pyrrole nitrogens is 2. The van der Waals surface area contributed by atoms with Crippen molar-refractivity contribution >= 4 is 34.2 Å². The molecule has 28 heavy (non-hydrogen) atoms. The summed E-state index contributed by atoms with van der Waals surface area (Å²) in [6, 6.07) is 7.94. The van der Waals surface area contributed by atoms with Gasteiger partial charge in [0.15, 0.2) is 5.75 Å². The lowest BCUT2D eigenvalue weighted by Gasteiger charge is -2.12. The van der Waals surface area contributed by atoms with Crippen molar-refractivity contribution in [1.29, 1.82) is 5.26 Å². The molecule has 0 radical (unpaired) electrons. The van der Waals surface area contributed by atoms with E-state index in [4.69, 9.17) is 33.2 Å². The average Bonchev–Trinajstić information content (AvgIpc) is 3.12. The van der Waals surface area contributed by atoms with Crippen LogP contribution in [0.1, 0.15) is 5.69 Å².